The molecule has 32 heavy (non-hydrogen) atoms. The minimum atomic E-state index is -0.791. The number of aromatic nitrogens is 5. The Labute approximate surface area is 185 Å². The Balaban J connectivity index is 1.42. The van der Waals surface area contributed by atoms with E-state index in [1.54, 1.807) is 22.7 Å². The smallest absolute Gasteiger partial charge is 0.219 e. The molecule has 11 heteroatoms. The molecule has 0 bridgehead atoms. The van der Waals surface area contributed by atoms with Crippen molar-refractivity contribution in [2.24, 2.45) is 7.05 Å². The molecule has 0 spiro atoms. The number of anilines is 1. The lowest BCUT2D eigenvalue weighted by Gasteiger charge is -2.38. The summed E-state index contributed by atoms with van der Waals surface area (Å²) >= 11 is 0. The van der Waals surface area contributed by atoms with E-state index in [-0.39, 0.29) is 5.91 Å². The maximum atomic E-state index is 11.9. The van der Waals surface area contributed by atoms with Crippen LogP contribution in [0.1, 0.15) is 30.2 Å². The summed E-state index contributed by atoms with van der Waals surface area (Å²) in [5.41, 5.74) is 3.96. The van der Waals surface area contributed by atoms with E-state index in [4.69, 9.17) is 14.4 Å². The average molecular weight is 438 g/mol. The molecule has 0 saturated carbocycles. The zero-order valence-electron chi connectivity index (χ0n) is 18.2. The number of fused-ring (bicyclic) bond motifs is 1. The lowest BCUT2D eigenvalue weighted by Crippen LogP contribution is -2.48. The first kappa shape index (κ1) is 20.6. The first-order valence-corrected chi connectivity index (χ1v) is 10.7. The number of amides is 1. The fraction of sp³-hybridized carbons (Fsp3) is 0.476. The highest BCUT2D eigenvalue weighted by molar-refractivity contribution is 5.74. The van der Waals surface area contributed by atoms with Crippen LogP contribution in [0.3, 0.4) is 0 Å². The van der Waals surface area contributed by atoms with Gasteiger partial charge < -0.3 is 19.3 Å². The van der Waals surface area contributed by atoms with E-state index in [1.807, 2.05) is 18.1 Å². The normalized spacial score (nSPS) is 18.0. The molecule has 2 aliphatic rings. The molecule has 1 amide bonds. The maximum Gasteiger partial charge on any atom is 0.219 e. The highest BCUT2D eigenvalue weighted by Crippen LogP contribution is 2.31. The summed E-state index contributed by atoms with van der Waals surface area (Å²) in [7, 11) is 1.87. The predicted octanol–water partition coefficient (Wildman–Crippen LogP) is 0.583. The van der Waals surface area contributed by atoms with Crippen molar-refractivity contribution in [3.05, 3.63) is 42.1 Å². The van der Waals surface area contributed by atoms with Crippen LogP contribution in [0.5, 0.6) is 0 Å². The van der Waals surface area contributed by atoms with Crippen LogP contribution in [0, 0.1) is 0 Å². The second-order valence-electron chi connectivity index (χ2n) is 8.19. The Hall–Kier alpha value is -3.31. The van der Waals surface area contributed by atoms with Crippen molar-refractivity contribution in [3.8, 4) is 11.3 Å². The van der Waals surface area contributed by atoms with Gasteiger partial charge in [0, 0.05) is 64.9 Å². The molecule has 1 N–H and O–H groups in total. The number of oxazole rings is 1. The first-order chi connectivity index (χ1) is 15.5. The van der Waals surface area contributed by atoms with E-state index in [2.05, 4.69) is 15.0 Å². The molecule has 2 aliphatic heterocycles. The molecule has 1 unspecified atom stereocenters. The molecule has 0 radical (unpaired) electrons. The van der Waals surface area contributed by atoms with Crippen LogP contribution < -0.4 is 4.90 Å². The van der Waals surface area contributed by atoms with E-state index in [0.717, 1.165) is 28.5 Å². The molecule has 3 aromatic heterocycles. The zero-order chi connectivity index (χ0) is 22.2. The summed E-state index contributed by atoms with van der Waals surface area (Å²) in [5, 5.41) is 14.9. The summed E-state index contributed by atoms with van der Waals surface area (Å²) in [6.07, 6.45) is 6.40. The van der Waals surface area contributed by atoms with Gasteiger partial charge in [0.1, 0.15) is 17.7 Å². The van der Waals surface area contributed by atoms with Gasteiger partial charge in [-0.3, -0.25) is 14.4 Å². The van der Waals surface area contributed by atoms with Crippen molar-refractivity contribution >= 4 is 11.7 Å². The molecule has 5 heterocycles. The van der Waals surface area contributed by atoms with Gasteiger partial charge in [0.05, 0.1) is 24.1 Å². The van der Waals surface area contributed by atoms with Crippen LogP contribution in [0.4, 0.5) is 5.82 Å². The number of hydrogen-bond acceptors (Lipinski definition) is 9. The number of aliphatic hydroxyl groups is 1. The van der Waals surface area contributed by atoms with Crippen LogP contribution in [-0.4, -0.2) is 78.3 Å². The van der Waals surface area contributed by atoms with Gasteiger partial charge in [0.15, 0.2) is 18.4 Å². The van der Waals surface area contributed by atoms with Gasteiger partial charge in [-0.2, -0.15) is 5.10 Å². The number of aliphatic hydroxyl groups excluding tert-OH is 1. The van der Waals surface area contributed by atoms with Gasteiger partial charge in [0.25, 0.3) is 0 Å². The third kappa shape index (κ3) is 3.84. The molecule has 3 aromatic rings. The summed E-state index contributed by atoms with van der Waals surface area (Å²) < 4.78 is 6.74. The second kappa shape index (κ2) is 8.32. The van der Waals surface area contributed by atoms with Crippen LogP contribution in [0.15, 0.2) is 29.5 Å². The van der Waals surface area contributed by atoms with Crippen LogP contribution in [0.25, 0.3) is 11.3 Å². The summed E-state index contributed by atoms with van der Waals surface area (Å²) in [5.74, 6) is 0.870. The maximum absolute atomic E-state index is 11.9. The van der Waals surface area contributed by atoms with E-state index < -0.39 is 6.23 Å². The van der Waals surface area contributed by atoms with Gasteiger partial charge in [-0.1, -0.05) is 0 Å². The van der Waals surface area contributed by atoms with Crippen molar-refractivity contribution in [3.63, 3.8) is 0 Å². The summed E-state index contributed by atoms with van der Waals surface area (Å²) in [4.78, 5) is 31.9. The van der Waals surface area contributed by atoms with Crippen LogP contribution >= 0.6 is 0 Å². The number of carbonyl (C=O) groups excluding carboxylic acids is 1. The Morgan fingerprint density at radius 1 is 1.16 bits per heavy atom. The molecular weight excluding hydrogens is 412 g/mol. The van der Waals surface area contributed by atoms with E-state index >= 15 is 0 Å². The number of hydrogen-bond donors (Lipinski definition) is 1. The average Bonchev–Trinajstić information content (AvgIpc) is 3.49. The van der Waals surface area contributed by atoms with Gasteiger partial charge in [0.2, 0.25) is 5.91 Å². The number of rotatable bonds is 4. The van der Waals surface area contributed by atoms with Gasteiger partial charge >= 0.3 is 0 Å². The Bertz CT molecular complexity index is 1100. The number of carbonyl (C=O) groups is 1. The van der Waals surface area contributed by atoms with Crippen LogP contribution in [0.2, 0.25) is 0 Å². The second-order valence-corrected chi connectivity index (χ2v) is 8.19. The first-order valence-electron chi connectivity index (χ1n) is 10.7. The number of piperazine rings is 1. The van der Waals surface area contributed by atoms with Gasteiger partial charge in [-0.25, -0.2) is 15.0 Å². The molecule has 1 fully saturated rings. The quantitative estimate of drug-likeness (QED) is 0.624. The van der Waals surface area contributed by atoms with Crippen LogP contribution in [-0.2, 0) is 24.8 Å². The van der Waals surface area contributed by atoms with Crippen molar-refractivity contribution < 1.29 is 14.3 Å². The van der Waals surface area contributed by atoms with Crippen molar-refractivity contribution in [1.29, 1.82) is 0 Å². The fourth-order valence-electron chi connectivity index (χ4n) is 4.26. The topological polar surface area (TPSA) is 117 Å². The zero-order valence-corrected chi connectivity index (χ0v) is 18.2. The highest BCUT2D eigenvalue weighted by Gasteiger charge is 2.29. The monoisotopic (exact) mass is 438 g/mol. The predicted molar refractivity (Wildman–Crippen MR) is 114 cm³/mol. The summed E-state index contributed by atoms with van der Waals surface area (Å²) in [6.45, 7) is 5.39. The molecule has 0 aromatic carbocycles. The standard InChI is InChI=1S/C21H26N8O3/c1-14(30)29-4-3-16-17(11-29)24-19(15-9-23-26(2)10-15)20(25-16)27-5-7-28(8-6-27)21(31)18-12-32-13-22-18/h9-10,12-13,21,31H,3-8,11H2,1-2H3. The SMILES string of the molecule is CC(=O)N1CCc2nc(N3CCN(C(O)c4cocn4)CC3)c(-c3cnn(C)c3)nc2C1. The molecular formula is C21H26N8O3. The van der Waals surface area contributed by atoms with Gasteiger partial charge in [-0.05, 0) is 0 Å². The molecule has 168 valence electrons. The minimum absolute atomic E-state index is 0.0475. The van der Waals surface area contributed by atoms with E-state index in [1.165, 1.54) is 12.7 Å². The largest absolute Gasteiger partial charge is 0.451 e. The number of nitrogens with zero attached hydrogens (tertiary/aromatic N) is 8. The highest BCUT2D eigenvalue weighted by atomic mass is 16.3. The molecule has 5 rings (SSSR count). The lowest BCUT2D eigenvalue weighted by molar-refractivity contribution is -0.129. The Morgan fingerprint density at radius 3 is 2.62 bits per heavy atom. The van der Waals surface area contributed by atoms with E-state index in [0.29, 0.717) is 51.4 Å². The fourth-order valence-corrected chi connectivity index (χ4v) is 4.26. The molecule has 1 atom stereocenters. The molecule has 0 aliphatic carbocycles. The Morgan fingerprint density at radius 2 is 1.97 bits per heavy atom. The molecule has 11 nitrogen and oxygen atoms in total. The third-order valence-corrected chi connectivity index (χ3v) is 6.09. The lowest BCUT2D eigenvalue weighted by atomic mass is 10.1. The summed E-state index contributed by atoms with van der Waals surface area (Å²) in [6, 6.07) is 0. The Kier molecular flexibility index (Phi) is 5.35. The van der Waals surface area contributed by atoms with Crippen molar-refractivity contribution in [2.45, 2.75) is 26.1 Å². The molecule has 1 saturated heterocycles. The van der Waals surface area contributed by atoms with Crippen molar-refractivity contribution in [2.75, 3.05) is 37.6 Å². The van der Waals surface area contributed by atoms with Gasteiger partial charge in [-0.15, -0.1) is 0 Å². The minimum Gasteiger partial charge on any atom is -0.451 e. The number of aryl methyl sites for hydroxylation is 1. The van der Waals surface area contributed by atoms with E-state index in [9.17, 15) is 9.90 Å². The van der Waals surface area contributed by atoms with Crippen molar-refractivity contribution in [1.82, 2.24) is 34.5 Å². The third-order valence-electron chi connectivity index (χ3n) is 6.09.